The number of hydrogen-bond donors (Lipinski definition) is 0. The van der Waals surface area contributed by atoms with Crippen LogP contribution in [0.25, 0.3) is 0 Å². The van der Waals surface area contributed by atoms with Crippen LogP contribution in [0.1, 0.15) is 40.9 Å². The third-order valence-corrected chi connectivity index (χ3v) is 5.86. The Bertz CT molecular complexity index is 1180. The molecule has 0 saturated heterocycles. The fourth-order valence-electron chi connectivity index (χ4n) is 4.00. The Labute approximate surface area is 178 Å². The van der Waals surface area contributed by atoms with Gasteiger partial charge < -0.3 is 4.74 Å². The SMILES string of the molecule is Cc1ccc(C2=NN3[C@@H](c4ccc(Cl)c([N+](=O)[O-])c4)Oc4ccccc4[C@@H]3C2)cc1. The van der Waals surface area contributed by atoms with E-state index in [9.17, 15) is 10.1 Å². The van der Waals surface area contributed by atoms with E-state index in [1.54, 1.807) is 6.07 Å². The number of ether oxygens (including phenoxy) is 1. The molecular weight excluding hydrogens is 402 g/mol. The van der Waals surface area contributed by atoms with Gasteiger partial charge in [-0.25, -0.2) is 5.01 Å². The molecule has 7 heteroatoms. The molecule has 2 aliphatic rings. The maximum absolute atomic E-state index is 11.4. The lowest BCUT2D eigenvalue weighted by Crippen LogP contribution is -2.33. The van der Waals surface area contributed by atoms with Crippen LogP contribution in [0.3, 0.4) is 0 Å². The molecule has 150 valence electrons. The van der Waals surface area contributed by atoms with Gasteiger partial charge in [-0.05, 0) is 24.6 Å². The molecule has 2 aliphatic heterocycles. The first-order valence-electron chi connectivity index (χ1n) is 9.63. The van der Waals surface area contributed by atoms with Crippen LogP contribution in [0, 0.1) is 17.0 Å². The summed E-state index contributed by atoms with van der Waals surface area (Å²) in [5.41, 5.74) is 4.77. The van der Waals surface area contributed by atoms with Crippen molar-refractivity contribution in [3.63, 3.8) is 0 Å². The number of rotatable bonds is 3. The Balaban J connectivity index is 1.60. The highest BCUT2D eigenvalue weighted by molar-refractivity contribution is 6.32. The molecule has 5 rings (SSSR count). The number of nitro benzene ring substituents is 1. The van der Waals surface area contributed by atoms with Gasteiger partial charge in [-0.3, -0.25) is 10.1 Å². The lowest BCUT2D eigenvalue weighted by molar-refractivity contribution is -0.384. The van der Waals surface area contributed by atoms with Crippen molar-refractivity contribution in [3.8, 4) is 5.75 Å². The molecule has 2 atom stereocenters. The van der Waals surface area contributed by atoms with Crippen LogP contribution < -0.4 is 4.74 Å². The predicted octanol–water partition coefficient (Wildman–Crippen LogP) is 5.80. The first-order valence-corrected chi connectivity index (χ1v) is 10.0. The smallest absolute Gasteiger partial charge is 0.288 e. The molecule has 0 bridgehead atoms. The van der Waals surface area contributed by atoms with Gasteiger partial charge in [0, 0.05) is 23.6 Å². The maximum Gasteiger partial charge on any atom is 0.288 e. The number of nitro groups is 1. The molecule has 0 N–H and O–H groups in total. The minimum absolute atomic E-state index is 0.00835. The van der Waals surface area contributed by atoms with Crippen LogP contribution in [0.5, 0.6) is 5.75 Å². The van der Waals surface area contributed by atoms with Gasteiger partial charge in [0.15, 0.2) is 0 Å². The highest BCUT2D eigenvalue weighted by Gasteiger charge is 2.41. The highest BCUT2D eigenvalue weighted by Crippen LogP contribution is 2.48. The molecule has 30 heavy (non-hydrogen) atoms. The lowest BCUT2D eigenvalue weighted by atomic mass is 9.95. The molecule has 6 nitrogen and oxygen atoms in total. The molecule has 0 radical (unpaired) electrons. The molecule has 0 amide bonds. The van der Waals surface area contributed by atoms with E-state index >= 15 is 0 Å². The van der Waals surface area contributed by atoms with E-state index in [4.69, 9.17) is 21.4 Å². The fourth-order valence-corrected chi connectivity index (χ4v) is 4.18. The Morgan fingerprint density at radius 3 is 2.67 bits per heavy atom. The van der Waals surface area contributed by atoms with Gasteiger partial charge in [0.05, 0.1) is 16.7 Å². The summed E-state index contributed by atoms with van der Waals surface area (Å²) in [5.74, 6) is 0.765. The van der Waals surface area contributed by atoms with Crippen molar-refractivity contribution in [2.24, 2.45) is 5.10 Å². The lowest BCUT2D eigenvalue weighted by Gasteiger charge is -2.38. The number of para-hydroxylation sites is 1. The van der Waals surface area contributed by atoms with Gasteiger partial charge >= 0.3 is 0 Å². The van der Waals surface area contributed by atoms with Crippen molar-refractivity contribution in [1.82, 2.24) is 5.01 Å². The van der Waals surface area contributed by atoms with Crippen LogP contribution in [-0.2, 0) is 0 Å². The summed E-state index contributed by atoms with van der Waals surface area (Å²) in [6, 6.07) is 20.9. The van der Waals surface area contributed by atoms with Gasteiger partial charge in [-0.2, -0.15) is 5.10 Å². The Morgan fingerprint density at radius 1 is 1.13 bits per heavy atom. The second-order valence-electron chi connectivity index (χ2n) is 7.49. The van der Waals surface area contributed by atoms with Crippen molar-refractivity contribution < 1.29 is 9.66 Å². The third kappa shape index (κ3) is 3.09. The zero-order chi connectivity index (χ0) is 20.8. The number of hydrazone groups is 1. The predicted molar refractivity (Wildman–Crippen MR) is 115 cm³/mol. The number of nitrogens with zero attached hydrogens (tertiary/aromatic N) is 3. The second kappa shape index (κ2) is 7.15. The summed E-state index contributed by atoms with van der Waals surface area (Å²) < 4.78 is 6.26. The number of fused-ring (bicyclic) bond motifs is 3. The van der Waals surface area contributed by atoms with Crippen molar-refractivity contribution >= 4 is 23.0 Å². The zero-order valence-electron chi connectivity index (χ0n) is 16.2. The zero-order valence-corrected chi connectivity index (χ0v) is 16.9. The van der Waals surface area contributed by atoms with Crippen molar-refractivity contribution in [1.29, 1.82) is 0 Å². The van der Waals surface area contributed by atoms with Crippen LogP contribution in [0.2, 0.25) is 5.02 Å². The minimum atomic E-state index is -0.580. The molecular formula is C23H18ClN3O3. The summed E-state index contributed by atoms with van der Waals surface area (Å²) >= 11 is 6.01. The molecule has 0 aliphatic carbocycles. The molecule has 0 unspecified atom stereocenters. The summed E-state index contributed by atoms with van der Waals surface area (Å²) in [6.45, 7) is 2.05. The molecule has 3 aromatic carbocycles. The maximum atomic E-state index is 11.4. The normalized spacial score (nSPS) is 19.5. The van der Waals surface area contributed by atoms with Crippen molar-refractivity contribution in [3.05, 3.63) is 104 Å². The first-order chi connectivity index (χ1) is 14.5. The number of benzene rings is 3. The van der Waals surface area contributed by atoms with Crippen molar-refractivity contribution in [2.75, 3.05) is 0 Å². The Hall–Kier alpha value is -3.38. The summed E-state index contributed by atoms with van der Waals surface area (Å²) in [6.07, 6.45) is 0.152. The summed E-state index contributed by atoms with van der Waals surface area (Å²) in [7, 11) is 0. The quantitative estimate of drug-likeness (QED) is 0.397. The molecule has 2 heterocycles. The average Bonchev–Trinajstić information content (AvgIpc) is 3.19. The van der Waals surface area contributed by atoms with E-state index in [1.807, 2.05) is 29.3 Å². The van der Waals surface area contributed by atoms with Crippen LogP contribution in [0.4, 0.5) is 5.69 Å². The summed E-state index contributed by atoms with van der Waals surface area (Å²) in [4.78, 5) is 10.9. The van der Waals surface area contributed by atoms with E-state index in [2.05, 4.69) is 31.2 Å². The van der Waals surface area contributed by atoms with E-state index in [-0.39, 0.29) is 16.8 Å². The molecule has 0 fully saturated rings. The van der Waals surface area contributed by atoms with E-state index in [1.165, 1.54) is 17.7 Å². The largest absolute Gasteiger partial charge is 0.464 e. The summed E-state index contributed by atoms with van der Waals surface area (Å²) in [5, 5.41) is 18.3. The van der Waals surface area contributed by atoms with Gasteiger partial charge in [0.25, 0.3) is 5.69 Å². The molecule has 0 spiro atoms. The fraction of sp³-hybridized carbons (Fsp3) is 0.174. The van der Waals surface area contributed by atoms with Gasteiger partial charge in [0.1, 0.15) is 10.8 Å². The second-order valence-corrected chi connectivity index (χ2v) is 7.90. The first kappa shape index (κ1) is 18.6. The number of halogens is 1. The average molecular weight is 420 g/mol. The minimum Gasteiger partial charge on any atom is -0.464 e. The highest BCUT2D eigenvalue weighted by atomic mass is 35.5. The van der Waals surface area contributed by atoms with Gasteiger partial charge in [0.2, 0.25) is 6.23 Å². The van der Waals surface area contributed by atoms with Gasteiger partial charge in [-0.1, -0.05) is 65.7 Å². The van der Waals surface area contributed by atoms with Crippen molar-refractivity contribution in [2.45, 2.75) is 25.6 Å². The third-order valence-electron chi connectivity index (χ3n) is 5.54. The number of hydrogen-bond acceptors (Lipinski definition) is 5. The van der Waals surface area contributed by atoms with E-state index in [0.717, 1.165) is 29.0 Å². The van der Waals surface area contributed by atoms with E-state index < -0.39 is 11.2 Å². The number of aryl methyl sites for hydroxylation is 1. The Kier molecular flexibility index (Phi) is 4.44. The topological polar surface area (TPSA) is 68.0 Å². The van der Waals surface area contributed by atoms with Crippen LogP contribution in [-0.4, -0.2) is 15.6 Å². The monoisotopic (exact) mass is 419 g/mol. The Morgan fingerprint density at radius 2 is 1.90 bits per heavy atom. The standard InChI is InChI=1S/C23H18ClN3O3/c1-14-6-8-15(9-7-14)19-13-20-17-4-2-3-5-22(17)30-23(26(20)25-19)16-10-11-18(24)21(12-16)27(28)29/h2-12,20,23H,13H2,1H3/t20-,23+/m0/s1. The molecule has 0 saturated carbocycles. The molecule has 3 aromatic rings. The van der Waals surface area contributed by atoms with E-state index in [0.29, 0.717) is 5.56 Å². The van der Waals surface area contributed by atoms with Gasteiger partial charge in [-0.15, -0.1) is 0 Å². The van der Waals surface area contributed by atoms with Crippen LogP contribution >= 0.6 is 11.6 Å². The van der Waals surface area contributed by atoms with Crippen LogP contribution in [0.15, 0.2) is 71.8 Å². The molecule has 0 aromatic heterocycles.